The minimum absolute atomic E-state index is 0.755. The van der Waals surface area contributed by atoms with Crippen molar-refractivity contribution in [3.05, 3.63) is 52.0 Å². The molecule has 0 atom stereocenters. The van der Waals surface area contributed by atoms with E-state index in [0.29, 0.717) is 0 Å². The normalized spacial score (nSPS) is 10.3. The summed E-state index contributed by atoms with van der Waals surface area (Å²) >= 11 is 3.40. The molecular formula is C16H19BrN2O. The third-order valence-electron chi connectivity index (χ3n) is 3.20. The Morgan fingerprint density at radius 2 is 2.00 bits per heavy atom. The number of hydrogen-bond donors (Lipinski definition) is 2. The Kier molecular flexibility index (Phi) is 4.90. The van der Waals surface area contributed by atoms with Crippen LogP contribution in [0.2, 0.25) is 0 Å². The van der Waals surface area contributed by atoms with Crippen LogP contribution in [-0.2, 0) is 6.42 Å². The number of halogens is 1. The predicted molar refractivity (Wildman–Crippen MR) is 88.5 cm³/mol. The SMILES string of the molecule is COc1ccc(CCNc2ccc(Br)cc2N)cc1C. The van der Waals surface area contributed by atoms with Gasteiger partial charge in [0.2, 0.25) is 0 Å². The lowest BCUT2D eigenvalue weighted by Gasteiger charge is -2.11. The molecule has 0 heterocycles. The van der Waals surface area contributed by atoms with Gasteiger partial charge in [0.15, 0.2) is 0 Å². The number of nitrogens with two attached hydrogens (primary N) is 1. The highest BCUT2D eigenvalue weighted by Gasteiger charge is 2.02. The molecule has 0 saturated heterocycles. The first-order valence-corrected chi connectivity index (χ1v) is 7.32. The molecule has 2 aromatic carbocycles. The van der Waals surface area contributed by atoms with Crippen LogP contribution in [0.25, 0.3) is 0 Å². The van der Waals surface area contributed by atoms with Crippen molar-refractivity contribution >= 4 is 27.3 Å². The molecule has 0 fully saturated rings. The van der Waals surface area contributed by atoms with Gasteiger partial charge in [0.25, 0.3) is 0 Å². The predicted octanol–water partition coefficient (Wildman–Crippen LogP) is 4.00. The molecule has 0 aliphatic heterocycles. The fraction of sp³-hybridized carbons (Fsp3) is 0.250. The Labute approximate surface area is 128 Å². The summed E-state index contributed by atoms with van der Waals surface area (Å²) in [4.78, 5) is 0. The number of anilines is 2. The quantitative estimate of drug-likeness (QED) is 0.812. The highest BCUT2D eigenvalue weighted by atomic mass is 79.9. The summed E-state index contributed by atoms with van der Waals surface area (Å²) in [6.07, 6.45) is 0.945. The fourth-order valence-corrected chi connectivity index (χ4v) is 2.51. The molecular weight excluding hydrogens is 316 g/mol. The van der Waals surface area contributed by atoms with Crippen LogP contribution >= 0.6 is 15.9 Å². The monoisotopic (exact) mass is 334 g/mol. The van der Waals surface area contributed by atoms with E-state index in [4.69, 9.17) is 10.5 Å². The maximum atomic E-state index is 5.95. The molecule has 2 rings (SSSR count). The van der Waals surface area contributed by atoms with Crippen molar-refractivity contribution in [1.82, 2.24) is 0 Å². The average Bonchev–Trinajstić information content (AvgIpc) is 2.41. The molecule has 0 aliphatic rings. The van der Waals surface area contributed by atoms with Gasteiger partial charge in [0.1, 0.15) is 5.75 Å². The summed E-state index contributed by atoms with van der Waals surface area (Å²) in [5.41, 5.74) is 10.1. The van der Waals surface area contributed by atoms with Crippen molar-refractivity contribution in [3.8, 4) is 5.75 Å². The van der Waals surface area contributed by atoms with Gasteiger partial charge in [-0.25, -0.2) is 0 Å². The second-order valence-electron chi connectivity index (χ2n) is 4.71. The first-order valence-electron chi connectivity index (χ1n) is 6.52. The van der Waals surface area contributed by atoms with Gasteiger partial charge in [-0.05, 0) is 48.7 Å². The molecule has 3 nitrogen and oxygen atoms in total. The number of nitrogen functional groups attached to an aromatic ring is 1. The lowest BCUT2D eigenvalue weighted by molar-refractivity contribution is 0.411. The van der Waals surface area contributed by atoms with E-state index in [-0.39, 0.29) is 0 Å². The number of ether oxygens (including phenoxy) is 1. The summed E-state index contributed by atoms with van der Waals surface area (Å²) in [5.74, 6) is 0.930. The number of benzene rings is 2. The van der Waals surface area contributed by atoms with Gasteiger partial charge in [0.05, 0.1) is 18.5 Å². The van der Waals surface area contributed by atoms with Crippen LogP contribution in [0.4, 0.5) is 11.4 Å². The Hall–Kier alpha value is -1.68. The molecule has 106 valence electrons. The number of hydrogen-bond acceptors (Lipinski definition) is 3. The van der Waals surface area contributed by atoms with E-state index < -0.39 is 0 Å². The first kappa shape index (κ1) is 14.7. The molecule has 2 aromatic rings. The van der Waals surface area contributed by atoms with Gasteiger partial charge in [0, 0.05) is 11.0 Å². The fourth-order valence-electron chi connectivity index (χ4n) is 2.13. The molecule has 0 unspecified atom stereocenters. The Morgan fingerprint density at radius 3 is 2.65 bits per heavy atom. The minimum Gasteiger partial charge on any atom is -0.496 e. The zero-order valence-electron chi connectivity index (χ0n) is 11.7. The van der Waals surface area contributed by atoms with Crippen LogP contribution in [0.3, 0.4) is 0 Å². The van der Waals surface area contributed by atoms with E-state index >= 15 is 0 Å². The van der Waals surface area contributed by atoms with E-state index in [1.165, 1.54) is 5.56 Å². The average molecular weight is 335 g/mol. The standard InChI is InChI=1S/C16H19BrN2O/c1-11-9-12(3-6-16(11)20-2)7-8-19-15-5-4-13(17)10-14(15)18/h3-6,9-10,19H,7-8,18H2,1-2H3. The molecule has 0 aliphatic carbocycles. The number of aryl methyl sites for hydroxylation is 1. The van der Waals surface area contributed by atoms with Crippen molar-refractivity contribution in [1.29, 1.82) is 0 Å². The minimum atomic E-state index is 0.755. The van der Waals surface area contributed by atoms with Crippen molar-refractivity contribution in [3.63, 3.8) is 0 Å². The van der Waals surface area contributed by atoms with Gasteiger partial charge in [-0.1, -0.05) is 28.1 Å². The highest BCUT2D eigenvalue weighted by molar-refractivity contribution is 9.10. The number of nitrogens with one attached hydrogen (secondary N) is 1. The molecule has 0 amide bonds. The Bertz CT molecular complexity index is 599. The van der Waals surface area contributed by atoms with Crippen LogP contribution in [0, 0.1) is 6.92 Å². The van der Waals surface area contributed by atoms with Gasteiger partial charge < -0.3 is 15.8 Å². The Balaban J connectivity index is 1.94. The van der Waals surface area contributed by atoms with E-state index in [2.05, 4.69) is 40.3 Å². The van der Waals surface area contributed by atoms with E-state index in [9.17, 15) is 0 Å². The smallest absolute Gasteiger partial charge is 0.121 e. The summed E-state index contributed by atoms with van der Waals surface area (Å²) in [7, 11) is 1.69. The summed E-state index contributed by atoms with van der Waals surface area (Å²) in [6.45, 7) is 2.90. The van der Waals surface area contributed by atoms with Crippen LogP contribution < -0.4 is 15.8 Å². The molecule has 20 heavy (non-hydrogen) atoms. The van der Waals surface area contributed by atoms with Crippen molar-refractivity contribution < 1.29 is 4.74 Å². The van der Waals surface area contributed by atoms with Crippen LogP contribution in [0.15, 0.2) is 40.9 Å². The van der Waals surface area contributed by atoms with Crippen LogP contribution in [0.5, 0.6) is 5.75 Å². The van der Waals surface area contributed by atoms with E-state index in [1.807, 2.05) is 24.3 Å². The van der Waals surface area contributed by atoms with Crippen molar-refractivity contribution in [2.75, 3.05) is 24.7 Å². The molecule has 3 N–H and O–H groups in total. The van der Waals surface area contributed by atoms with Gasteiger partial charge >= 0.3 is 0 Å². The maximum Gasteiger partial charge on any atom is 0.121 e. The lowest BCUT2D eigenvalue weighted by atomic mass is 10.1. The molecule has 4 heteroatoms. The third-order valence-corrected chi connectivity index (χ3v) is 3.70. The zero-order valence-corrected chi connectivity index (χ0v) is 13.3. The molecule has 0 bridgehead atoms. The second-order valence-corrected chi connectivity index (χ2v) is 5.63. The van der Waals surface area contributed by atoms with Crippen LogP contribution in [0.1, 0.15) is 11.1 Å². The molecule has 0 aromatic heterocycles. The van der Waals surface area contributed by atoms with E-state index in [0.717, 1.165) is 40.1 Å². The van der Waals surface area contributed by atoms with Gasteiger partial charge in [-0.3, -0.25) is 0 Å². The van der Waals surface area contributed by atoms with Gasteiger partial charge in [-0.15, -0.1) is 0 Å². The largest absolute Gasteiger partial charge is 0.496 e. The number of methoxy groups -OCH3 is 1. The summed E-state index contributed by atoms with van der Waals surface area (Å²) < 4.78 is 6.26. The molecule has 0 radical (unpaired) electrons. The van der Waals surface area contributed by atoms with Gasteiger partial charge in [-0.2, -0.15) is 0 Å². The lowest BCUT2D eigenvalue weighted by Crippen LogP contribution is -2.07. The van der Waals surface area contributed by atoms with Crippen molar-refractivity contribution in [2.45, 2.75) is 13.3 Å². The topological polar surface area (TPSA) is 47.3 Å². The highest BCUT2D eigenvalue weighted by Crippen LogP contribution is 2.23. The zero-order chi connectivity index (χ0) is 14.5. The first-order chi connectivity index (χ1) is 9.60. The Morgan fingerprint density at radius 1 is 1.20 bits per heavy atom. The summed E-state index contributed by atoms with van der Waals surface area (Å²) in [5, 5.41) is 3.36. The molecule has 0 spiro atoms. The maximum absolute atomic E-state index is 5.95. The van der Waals surface area contributed by atoms with E-state index in [1.54, 1.807) is 7.11 Å². The third kappa shape index (κ3) is 3.67. The molecule has 0 saturated carbocycles. The summed E-state index contributed by atoms with van der Waals surface area (Å²) in [6, 6.07) is 12.1. The number of rotatable bonds is 5. The second kappa shape index (κ2) is 6.66. The van der Waals surface area contributed by atoms with Crippen LogP contribution in [-0.4, -0.2) is 13.7 Å². The van der Waals surface area contributed by atoms with Crippen molar-refractivity contribution in [2.24, 2.45) is 0 Å².